The second-order valence-corrected chi connectivity index (χ2v) is 5.07. The summed E-state index contributed by atoms with van der Waals surface area (Å²) in [7, 11) is 0. The molecule has 16 heavy (non-hydrogen) atoms. The van der Waals surface area contributed by atoms with Crippen molar-refractivity contribution in [3.05, 3.63) is 0 Å². The van der Waals surface area contributed by atoms with Gasteiger partial charge in [0.25, 0.3) is 0 Å². The second kappa shape index (κ2) is 7.25. The number of rotatable bonds is 7. The van der Waals surface area contributed by atoms with E-state index in [2.05, 4.69) is 5.32 Å². The van der Waals surface area contributed by atoms with E-state index in [1.165, 1.54) is 0 Å². The van der Waals surface area contributed by atoms with Gasteiger partial charge in [-0.15, -0.1) is 0 Å². The summed E-state index contributed by atoms with van der Waals surface area (Å²) in [6.45, 7) is 8.53. The zero-order valence-electron chi connectivity index (χ0n) is 10.6. The van der Waals surface area contributed by atoms with Crippen molar-refractivity contribution in [1.29, 1.82) is 0 Å². The molecular formula is C12H23NO3. The van der Waals surface area contributed by atoms with E-state index in [1.54, 1.807) is 0 Å². The number of carbonyl (C=O) groups is 2. The highest BCUT2D eigenvalue weighted by molar-refractivity contribution is 5.82. The zero-order valence-corrected chi connectivity index (χ0v) is 10.6. The Bertz CT molecular complexity index is 236. The van der Waals surface area contributed by atoms with Gasteiger partial charge in [0, 0.05) is 13.0 Å². The van der Waals surface area contributed by atoms with Gasteiger partial charge in [0.2, 0.25) is 5.91 Å². The molecule has 4 heteroatoms. The Morgan fingerprint density at radius 2 is 1.69 bits per heavy atom. The van der Waals surface area contributed by atoms with Crippen LogP contribution < -0.4 is 5.32 Å². The van der Waals surface area contributed by atoms with Crippen LogP contribution in [-0.2, 0) is 9.59 Å². The lowest BCUT2D eigenvalue weighted by Gasteiger charge is -2.15. The minimum absolute atomic E-state index is 0.0836. The van der Waals surface area contributed by atoms with Gasteiger partial charge in [-0.05, 0) is 18.3 Å². The summed E-state index contributed by atoms with van der Waals surface area (Å²) in [5.74, 6) is -0.932. The summed E-state index contributed by atoms with van der Waals surface area (Å²) < 4.78 is 0. The van der Waals surface area contributed by atoms with E-state index in [-0.39, 0.29) is 12.3 Å². The Balaban J connectivity index is 4.08. The van der Waals surface area contributed by atoms with Crippen molar-refractivity contribution < 1.29 is 14.7 Å². The van der Waals surface area contributed by atoms with Crippen molar-refractivity contribution in [2.45, 2.75) is 40.5 Å². The lowest BCUT2D eigenvalue weighted by atomic mass is 9.94. The van der Waals surface area contributed by atoms with E-state index >= 15 is 0 Å². The van der Waals surface area contributed by atoms with Crippen molar-refractivity contribution in [3.63, 3.8) is 0 Å². The van der Waals surface area contributed by atoms with Crippen LogP contribution >= 0.6 is 0 Å². The lowest BCUT2D eigenvalue weighted by molar-refractivity contribution is -0.144. The molecule has 0 radical (unpaired) electrons. The summed E-state index contributed by atoms with van der Waals surface area (Å²) in [5.41, 5.74) is 0. The third-order valence-corrected chi connectivity index (χ3v) is 2.24. The van der Waals surface area contributed by atoms with Gasteiger partial charge in [-0.3, -0.25) is 9.59 Å². The summed E-state index contributed by atoms with van der Waals surface area (Å²) >= 11 is 0. The summed E-state index contributed by atoms with van der Waals surface area (Å²) in [4.78, 5) is 22.4. The van der Waals surface area contributed by atoms with Gasteiger partial charge in [0.15, 0.2) is 0 Å². The standard InChI is InChI=1S/C12H23NO3/c1-8(2)5-10(12(15)16)6-11(14)13-7-9(3)4/h8-10H,5-7H2,1-4H3,(H,13,14)(H,15,16)/t10-/m1/s1. The van der Waals surface area contributed by atoms with E-state index in [4.69, 9.17) is 5.11 Å². The van der Waals surface area contributed by atoms with Crippen molar-refractivity contribution >= 4 is 11.9 Å². The van der Waals surface area contributed by atoms with Crippen molar-refractivity contribution in [2.75, 3.05) is 6.54 Å². The van der Waals surface area contributed by atoms with Crippen LogP contribution in [0, 0.1) is 17.8 Å². The topological polar surface area (TPSA) is 66.4 Å². The molecule has 0 saturated carbocycles. The average Bonchev–Trinajstić information content (AvgIpc) is 2.12. The molecule has 0 aliphatic carbocycles. The SMILES string of the molecule is CC(C)CNC(=O)C[C@@H](CC(C)C)C(=O)O. The molecule has 0 aromatic rings. The van der Waals surface area contributed by atoms with E-state index in [0.717, 1.165) is 0 Å². The predicted molar refractivity (Wildman–Crippen MR) is 63.0 cm³/mol. The third kappa shape index (κ3) is 7.26. The molecule has 0 unspecified atom stereocenters. The van der Waals surface area contributed by atoms with Gasteiger partial charge in [0.05, 0.1) is 5.92 Å². The number of carbonyl (C=O) groups excluding carboxylic acids is 1. The quantitative estimate of drug-likeness (QED) is 0.700. The number of nitrogens with one attached hydrogen (secondary N) is 1. The Hall–Kier alpha value is -1.06. The Morgan fingerprint density at radius 3 is 2.06 bits per heavy atom. The first-order chi connectivity index (χ1) is 7.32. The molecule has 0 aromatic heterocycles. The van der Waals surface area contributed by atoms with E-state index in [1.807, 2.05) is 27.7 Å². The van der Waals surface area contributed by atoms with Crippen LogP contribution in [0.5, 0.6) is 0 Å². The number of hydrogen-bond acceptors (Lipinski definition) is 2. The van der Waals surface area contributed by atoms with Crippen LogP contribution in [0.1, 0.15) is 40.5 Å². The van der Waals surface area contributed by atoms with Gasteiger partial charge >= 0.3 is 5.97 Å². The maximum Gasteiger partial charge on any atom is 0.307 e. The molecule has 0 spiro atoms. The smallest absolute Gasteiger partial charge is 0.307 e. The van der Waals surface area contributed by atoms with Gasteiger partial charge in [-0.25, -0.2) is 0 Å². The van der Waals surface area contributed by atoms with Crippen LogP contribution in [0.3, 0.4) is 0 Å². The number of amides is 1. The van der Waals surface area contributed by atoms with Crippen LogP contribution in [0.25, 0.3) is 0 Å². The number of hydrogen-bond donors (Lipinski definition) is 2. The van der Waals surface area contributed by atoms with Gasteiger partial charge in [-0.2, -0.15) is 0 Å². The molecule has 94 valence electrons. The minimum atomic E-state index is -0.881. The molecule has 1 amide bonds. The fourth-order valence-electron chi connectivity index (χ4n) is 1.45. The molecule has 2 N–H and O–H groups in total. The third-order valence-electron chi connectivity index (χ3n) is 2.24. The maximum absolute atomic E-state index is 11.5. The monoisotopic (exact) mass is 229 g/mol. The summed E-state index contributed by atoms with van der Waals surface area (Å²) in [6.07, 6.45) is 0.630. The van der Waals surface area contributed by atoms with Crippen molar-refractivity contribution in [1.82, 2.24) is 5.32 Å². The fraction of sp³-hybridized carbons (Fsp3) is 0.833. The van der Waals surface area contributed by atoms with Crippen molar-refractivity contribution in [3.8, 4) is 0 Å². The van der Waals surface area contributed by atoms with E-state index < -0.39 is 11.9 Å². The van der Waals surface area contributed by atoms with Crippen LogP contribution in [0.15, 0.2) is 0 Å². The zero-order chi connectivity index (χ0) is 12.7. The first kappa shape index (κ1) is 14.9. The van der Waals surface area contributed by atoms with Gasteiger partial charge < -0.3 is 10.4 Å². The molecule has 0 heterocycles. The maximum atomic E-state index is 11.5. The second-order valence-electron chi connectivity index (χ2n) is 5.07. The molecule has 0 saturated heterocycles. The highest BCUT2D eigenvalue weighted by Crippen LogP contribution is 2.15. The van der Waals surface area contributed by atoms with Crippen LogP contribution in [0.2, 0.25) is 0 Å². The van der Waals surface area contributed by atoms with Crippen molar-refractivity contribution in [2.24, 2.45) is 17.8 Å². The molecule has 0 rings (SSSR count). The minimum Gasteiger partial charge on any atom is -0.481 e. The Labute approximate surface area is 97.4 Å². The van der Waals surface area contributed by atoms with Crippen LogP contribution in [-0.4, -0.2) is 23.5 Å². The lowest BCUT2D eigenvalue weighted by Crippen LogP contribution is -2.31. The fourth-order valence-corrected chi connectivity index (χ4v) is 1.45. The summed E-state index contributed by atoms with van der Waals surface area (Å²) in [5, 5.41) is 11.7. The Morgan fingerprint density at radius 1 is 1.12 bits per heavy atom. The molecule has 0 fully saturated rings. The van der Waals surface area contributed by atoms with Crippen LogP contribution in [0.4, 0.5) is 0 Å². The normalized spacial score (nSPS) is 12.9. The first-order valence-corrected chi connectivity index (χ1v) is 5.82. The predicted octanol–water partition coefficient (Wildman–Crippen LogP) is 1.90. The molecule has 1 atom stereocenters. The molecule has 0 aliphatic heterocycles. The molecule has 0 bridgehead atoms. The highest BCUT2D eigenvalue weighted by Gasteiger charge is 2.22. The number of carboxylic acids is 1. The van der Waals surface area contributed by atoms with Gasteiger partial charge in [-0.1, -0.05) is 27.7 Å². The average molecular weight is 229 g/mol. The Kier molecular flexibility index (Phi) is 6.77. The molecule has 0 aliphatic rings. The van der Waals surface area contributed by atoms with Gasteiger partial charge in [0.1, 0.15) is 0 Å². The number of aliphatic carboxylic acids is 1. The first-order valence-electron chi connectivity index (χ1n) is 5.82. The number of carboxylic acid groups (broad SMARTS) is 1. The van der Waals surface area contributed by atoms with E-state index in [0.29, 0.717) is 24.8 Å². The molecule has 4 nitrogen and oxygen atoms in total. The highest BCUT2D eigenvalue weighted by atomic mass is 16.4. The molecular weight excluding hydrogens is 206 g/mol. The summed E-state index contributed by atoms with van der Waals surface area (Å²) in [6, 6.07) is 0. The molecule has 0 aromatic carbocycles. The van der Waals surface area contributed by atoms with E-state index in [9.17, 15) is 9.59 Å². The largest absolute Gasteiger partial charge is 0.481 e.